The van der Waals surface area contributed by atoms with Crippen LogP contribution in [0.4, 0.5) is 0 Å². The predicted molar refractivity (Wildman–Crippen MR) is 85.1 cm³/mol. The zero-order valence-corrected chi connectivity index (χ0v) is 13.9. The van der Waals surface area contributed by atoms with Gasteiger partial charge in [-0.15, -0.1) is 0 Å². The fourth-order valence-corrected chi connectivity index (χ4v) is 3.51. The maximum absolute atomic E-state index is 6.19. The van der Waals surface area contributed by atoms with Gasteiger partial charge in [0.1, 0.15) is 22.2 Å². The summed E-state index contributed by atoms with van der Waals surface area (Å²) in [6.07, 6.45) is 7.29. The van der Waals surface area contributed by atoms with Crippen LogP contribution in [-0.4, -0.2) is 21.4 Å². The second kappa shape index (κ2) is 6.01. The molecule has 0 aromatic carbocycles. The van der Waals surface area contributed by atoms with Crippen LogP contribution in [-0.2, 0) is 17.7 Å². The van der Waals surface area contributed by atoms with E-state index in [0.29, 0.717) is 0 Å². The van der Waals surface area contributed by atoms with Gasteiger partial charge in [-0.1, -0.05) is 0 Å². The van der Waals surface area contributed by atoms with Crippen molar-refractivity contribution in [1.29, 1.82) is 0 Å². The number of nitrogens with zero attached hydrogens (tertiary/aromatic N) is 3. The van der Waals surface area contributed by atoms with Crippen LogP contribution in [0.2, 0.25) is 0 Å². The van der Waals surface area contributed by atoms with Crippen LogP contribution in [0.3, 0.4) is 0 Å². The van der Waals surface area contributed by atoms with Gasteiger partial charge in [0.25, 0.3) is 0 Å². The van der Waals surface area contributed by atoms with Crippen molar-refractivity contribution < 1.29 is 9.47 Å². The van der Waals surface area contributed by atoms with Crippen molar-refractivity contribution in [3.05, 3.63) is 34.3 Å². The first-order valence-corrected chi connectivity index (χ1v) is 8.61. The van der Waals surface area contributed by atoms with E-state index in [2.05, 4.69) is 25.6 Å². The molecule has 5 nitrogen and oxygen atoms in total. The summed E-state index contributed by atoms with van der Waals surface area (Å²) in [5, 5.41) is 4.77. The van der Waals surface area contributed by atoms with Gasteiger partial charge in [0.15, 0.2) is 5.75 Å². The second-order valence-electron chi connectivity index (χ2n) is 5.76. The van der Waals surface area contributed by atoms with Gasteiger partial charge in [-0.05, 0) is 54.1 Å². The molecule has 6 heteroatoms. The molecule has 116 valence electrons. The second-order valence-corrected chi connectivity index (χ2v) is 6.57. The van der Waals surface area contributed by atoms with Crippen LogP contribution in [0, 0.1) is 0 Å². The third-order valence-corrected chi connectivity index (χ3v) is 4.65. The summed E-state index contributed by atoms with van der Waals surface area (Å²) in [4.78, 5) is 4.15. The molecule has 0 N–H and O–H groups in total. The summed E-state index contributed by atoms with van der Waals surface area (Å²) < 4.78 is 15.0. The first-order chi connectivity index (χ1) is 10.8. The van der Waals surface area contributed by atoms with E-state index in [1.807, 2.05) is 12.1 Å². The van der Waals surface area contributed by atoms with Crippen molar-refractivity contribution in [1.82, 2.24) is 14.8 Å². The van der Waals surface area contributed by atoms with E-state index < -0.39 is 0 Å². The average molecular weight is 364 g/mol. The van der Waals surface area contributed by atoms with Crippen LogP contribution in [0.5, 0.6) is 11.5 Å². The number of rotatable bonds is 3. The van der Waals surface area contributed by atoms with Gasteiger partial charge in [0.2, 0.25) is 0 Å². The lowest BCUT2D eigenvalue weighted by Crippen LogP contribution is -2.13. The Labute approximate surface area is 137 Å². The Morgan fingerprint density at radius 1 is 1.32 bits per heavy atom. The molecule has 1 unspecified atom stereocenters. The molecule has 0 spiro atoms. The van der Waals surface area contributed by atoms with Crippen LogP contribution in [0.15, 0.2) is 22.9 Å². The van der Waals surface area contributed by atoms with E-state index in [4.69, 9.17) is 14.6 Å². The molecule has 4 heterocycles. The van der Waals surface area contributed by atoms with Crippen molar-refractivity contribution in [2.45, 2.75) is 44.8 Å². The topological polar surface area (TPSA) is 49.2 Å². The Hall–Kier alpha value is -1.40. The normalized spacial score (nSPS) is 20.9. The van der Waals surface area contributed by atoms with Gasteiger partial charge in [0, 0.05) is 25.4 Å². The van der Waals surface area contributed by atoms with E-state index in [-0.39, 0.29) is 6.10 Å². The van der Waals surface area contributed by atoms with Crippen molar-refractivity contribution in [3.63, 3.8) is 0 Å². The Morgan fingerprint density at radius 3 is 3.09 bits per heavy atom. The number of hydrogen-bond donors (Lipinski definition) is 0. The summed E-state index contributed by atoms with van der Waals surface area (Å²) >= 11 is 3.39. The highest BCUT2D eigenvalue weighted by Crippen LogP contribution is 2.40. The van der Waals surface area contributed by atoms with E-state index in [9.17, 15) is 0 Å². The smallest absolute Gasteiger partial charge is 0.174 e. The molecule has 0 amide bonds. The molecule has 2 aliphatic rings. The summed E-state index contributed by atoms with van der Waals surface area (Å²) in [6.45, 7) is 1.78. The van der Waals surface area contributed by atoms with E-state index in [1.165, 1.54) is 12.1 Å². The van der Waals surface area contributed by atoms with Crippen molar-refractivity contribution in [3.8, 4) is 11.5 Å². The summed E-state index contributed by atoms with van der Waals surface area (Å²) in [5.74, 6) is 1.67. The average Bonchev–Trinajstić information content (AvgIpc) is 3.11. The molecule has 22 heavy (non-hydrogen) atoms. The molecular weight excluding hydrogens is 346 g/mol. The molecular formula is C16H18BrN3O2. The van der Waals surface area contributed by atoms with Crippen LogP contribution >= 0.6 is 15.9 Å². The van der Waals surface area contributed by atoms with E-state index >= 15 is 0 Å². The summed E-state index contributed by atoms with van der Waals surface area (Å²) in [6, 6.07) is 3.75. The van der Waals surface area contributed by atoms with E-state index in [0.717, 1.165) is 60.6 Å². The number of fused-ring (bicyclic) bond motifs is 1. The van der Waals surface area contributed by atoms with Gasteiger partial charge in [-0.25, -0.2) is 4.98 Å². The molecule has 0 saturated carbocycles. The lowest BCUT2D eigenvalue weighted by atomic mass is 10.1. The molecule has 0 aliphatic carbocycles. The molecule has 4 rings (SSSR count). The standard InChI is InChI=1S/C16H18BrN3O2/c17-14-10-11(6-7-18-14)22-16-12-4-3-8-20(12)19-15(16)13-5-1-2-9-21-13/h6-7,10,13H,1-5,8-9H2. The minimum absolute atomic E-state index is 0.0622. The highest BCUT2D eigenvalue weighted by molar-refractivity contribution is 9.10. The van der Waals surface area contributed by atoms with Crippen molar-refractivity contribution in [2.75, 3.05) is 6.61 Å². The van der Waals surface area contributed by atoms with Gasteiger partial charge in [-0.3, -0.25) is 4.68 Å². The fraction of sp³-hybridized carbons (Fsp3) is 0.500. The highest BCUT2D eigenvalue weighted by atomic mass is 79.9. The number of pyridine rings is 1. The molecule has 2 aromatic rings. The lowest BCUT2D eigenvalue weighted by Gasteiger charge is -2.22. The van der Waals surface area contributed by atoms with E-state index in [1.54, 1.807) is 6.20 Å². The maximum atomic E-state index is 6.19. The Balaban J connectivity index is 1.70. The SMILES string of the molecule is Brc1cc(Oc2c(C3CCCCO3)nn3c2CCC3)ccn1. The quantitative estimate of drug-likeness (QED) is 0.772. The predicted octanol–water partition coefficient (Wildman–Crippen LogP) is 4.02. The molecule has 1 saturated heterocycles. The fourth-order valence-electron chi connectivity index (χ4n) is 3.17. The first-order valence-electron chi connectivity index (χ1n) is 7.82. The first kappa shape index (κ1) is 14.2. The van der Waals surface area contributed by atoms with Gasteiger partial charge < -0.3 is 9.47 Å². The number of halogens is 1. The zero-order valence-electron chi connectivity index (χ0n) is 12.3. The van der Waals surface area contributed by atoms with Crippen LogP contribution in [0.25, 0.3) is 0 Å². The monoisotopic (exact) mass is 363 g/mol. The van der Waals surface area contributed by atoms with Gasteiger partial charge >= 0.3 is 0 Å². The molecule has 2 aliphatic heterocycles. The minimum atomic E-state index is 0.0622. The Kier molecular flexibility index (Phi) is 3.88. The third-order valence-electron chi connectivity index (χ3n) is 4.22. The lowest BCUT2D eigenvalue weighted by molar-refractivity contribution is 0.0108. The van der Waals surface area contributed by atoms with Crippen LogP contribution < -0.4 is 4.74 Å². The van der Waals surface area contributed by atoms with Gasteiger partial charge in [0.05, 0.1) is 5.69 Å². The minimum Gasteiger partial charge on any atom is -0.453 e. The van der Waals surface area contributed by atoms with Crippen molar-refractivity contribution in [2.24, 2.45) is 0 Å². The highest BCUT2D eigenvalue weighted by Gasteiger charge is 2.30. The number of ether oxygens (including phenoxy) is 2. The molecule has 0 bridgehead atoms. The Bertz CT molecular complexity index is 680. The summed E-state index contributed by atoms with van der Waals surface area (Å²) in [7, 11) is 0. The van der Waals surface area contributed by atoms with Crippen molar-refractivity contribution >= 4 is 15.9 Å². The molecule has 0 radical (unpaired) electrons. The molecule has 2 aromatic heterocycles. The number of hydrogen-bond acceptors (Lipinski definition) is 4. The molecule has 1 fully saturated rings. The number of aromatic nitrogens is 3. The molecule has 1 atom stereocenters. The number of aryl methyl sites for hydroxylation is 1. The maximum Gasteiger partial charge on any atom is 0.174 e. The third kappa shape index (κ3) is 2.65. The van der Waals surface area contributed by atoms with Crippen LogP contribution in [0.1, 0.15) is 43.2 Å². The van der Waals surface area contributed by atoms with Gasteiger partial charge in [-0.2, -0.15) is 5.10 Å². The zero-order chi connectivity index (χ0) is 14.9. The largest absolute Gasteiger partial charge is 0.453 e. The summed E-state index contributed by atoms with van der Waals surface area (Å²) in [5.41, 5.74) is 2.15. The Morgan fingerprint density at radius 2 is 2.27 bits per heavy atom.